The monoisotopic (exact) mass is 1170 g/mol. The fourth-order valence-electron chi connectivity index (χ4n) is 13.9. The molecule has 3 heterocycles. The zero-order chi connectivity index (χ0) is 58.5. The molecule has 0 N–H and O–H groups in total. The minimum Gasteiger partial charge on any atom is -0.454 e. The van der Waals surface area contributed by atoms with Crippen LogP contribution >= 0.6 is 22.7 Å². The second-order valence-electron chi connectivity index (χ2n) is 23.0. The molecule has 0 aliphatic carbocycles. The Hall–Kier alpha value is -11.1. The van der Waals surface area contributed by atoms with Gasteiger partial charge in [0.25, 0.3) is 0 Å². The second kappa shape index (κ2) is 20.8. The van der Waals surface area contributed by atoms with Crippen LogP contribution < -0.4 is 9.80 Å². The van der Waals surface area contributed by atoms with E-state index in [0.29, 0.717) is 0 Å². The Balaban J connectivity index is 0.844. The number of hydrogen-bond acceptors (Lipinski definition) is 5. The van der Waals surface area contributed by atoms with Crippen molar-refractivity contribution in [3.63, 3.8) is 0 Å². The average molecular weight is 1170 g/mol. The highest BCUT2D eigenvalue weighted by Crippen LogP contribution is 2.52. The first-order chi connectivity index (χ1) is 44.1. The molecule has 3 nitrogen and oxygen atoms in total. The SMILES string of the molecule is c1ccc(-c2cccc(N(c3ccc4c(c3)c3ccccc3c3cc5c(cc43)oc3c(N(c4cccc(-c6ccccc6)c4)c4cccc6c4sc4c(-c7ccccc7)cccc46)cccc35)c3cccc4c3sc3c(-c5ccccc5)cccc34)c2)cc1. The molecule has 0 spiro atoms. The van der Waals surface area contributed by atoms with Crippen molar-refractivity contribution in [1.82, 2.24) is 0 Å². The fraction of sp³-hybridized carbons (Fsp3) is 0. The van der Waals surface area contributed by atoms with Crippen LogP contribution in [0.15, 0.2) is 320 Å². The molecule has 0 atom stereocenters. The Morgan fingerprint density at radius 1 is 0.213 bits per heavy atom. The number of para-hydroxylation sites is 1. The van der Waals surface area contributed by atoms with Crippen molar-refractivity contribution in [3.8, 4) is 44.5 Å². The third-order valence-corrected chi connectivity index (χ3v) is 20.6. The molecule has 0 unspecified atom stereocenters. The summed E-state index contributed by atoms with van der Waals surface area (Å²) in [4.78, 5) is 4.92. The Kier molecular flexibility index (Phi) is 12.0. The van der Waals surface area contributed by atoms with Crippen molar-refractivity contribution in [1.29, 1.82) is 0 Å². The smallest absolute Gasteiger partial charge is 0.159 e. The number of thiophene rings is 2. The average Bonchev–Trinajstić information content (AvgIpc) is 1.82. The van der Waals surface area contributed by atoms with Crippen LogP contribution in [0.2, 0.25) is 0 Å². The summed E-state index contributed by atoms with van der Waals surface area (Å²) < 4.78 is 12.4. The second-order valence-corrected chi connectivity index (χ2v) is 25.1. The van der Waals surface area contributed by atoms with Gasteiger partial charge in [0.15, 0.2) is 5.58 Å². The van der Waals surface area contributed by atoms with Crippen molar-refractivity contribution in [2.24, 2.45) is 0 Å². The molecule has 18 aromatic rings. The van der Waals surface area contributed by atoms with Gasteiger partial charge in [0.05, 0.1) is 26.5 Å². The third kappa shape index (κ3) is 8.38. The number of rotatable bonds is 10. The van der Waals surface area contributed by atoms with Crippen LogP contribution in [0.5, 0.6) is 0 Å². The quantitative estimate of drug-likeness (QED) is 0.127. The standard InChI is InChI=1S/C84H52N2OS2/c1-5-22-53(23-6-1)57-30-15-32-59(48-57)85(77-44-20-41-70-68-39-17-36-62(81(68)88-83(70)77)55-26-9-3-10-27-55)61-46-47-66-72(50-61)64-34-13-14-35-65(64)73-51-75-67-38-19-43-76(80(67)87-79(75)52-74(66)73)86(60-33-16-31-58(49-60)54-24-7-2-8-25-54)78-45-21-42-71-69-40-18-37-63(82(69)89-84(71)78)56-28-11-4-12-29-56/h1-52H. The summed E-state index contributed by atoms with van der Waals surface area (Å²) in [6, 6.07) is 115. The van der Waals surface area contributed by atoms with Crippen LogP contribution in [0.4, 0.5) is 34.1 Å². The van der Waals surface area contributed by atoms with Crippen molar-refractivity contribution >= 4 is 151 Å². The van der Waals surface area contributed by atoms with Gasteiger partial charge in [0.2, 0.25) is 0 Å². The number of furan rings is 1. The van der Waals surface area contributed by atoms with E-state index in [0.717, 1.165) is 72.6 Å². The topological polar surface area (TPSA) is 19.6 Å². The van der Waals surface area contributed by atoms with Crippen molar-refractivity contribution in [2.45, 2.75) is 0 Å². The number of hydrogen-bond donors (Lipinski definition) is 0. The van der Waals surface area contributed by atoms with E-state index >= 15 is 0 Å². The summed E-state index contributed by atoms with van der Waals surface area (Å²) in [6.07, 6.45) is 0. The molecule has 0 amide bonds. The minimum atomic E-state index is 0.835. The molecule has 416 valence electrons. The van der Waals surface area contributed by atoms with Gasteiger partial charge in [-0.25, -0.2) is 0 Å². The summed E-state index contributed by atoms with van der Waals surface area (Å²) in [5, 5.41) is 14.2. The van der Waals surface area contributed by atoms with Crippen LogP contribution in [0.3, 0.4) is 0 Å². The zero-order valence-electron chi connectivity index (χ0n) is 48.1. The third-order valence-electron chi connectivity index (χ3n) is 18.0. The maximum absolute atomic E-state index is 7.42. The van der Waals surface area contributed by atoms with E-state index in [1.165, 1.54) is 101 Å². The molecule has 18 rings (SSSR count). The summed E-state index contributed by atoms with van der Waals surface area (Å²) >= 11 is 3.75. The van der Waals surface area contributed by atoms with Crippen LogP contribution in [0, 0.1) is 0 Å². The Labute approximate surface area is 522 Å². The summed E-state index contributed by atoms with van der Waals surface area (Å²) in [5.74, 6) is 0. The molecular weight excluding hydrogens is 1120 g/mol. The number of fused-ring (bicyclic) bond motifs is 15. The first-order valence-electron chi connectivity index (χ1n) is 30.3. The lowest BCUT2D eigenvalue weighted by Crippen LogP contribution is -2.10. The Bertz CT molecular complexity index is 5810. The van der Waals surface area contributed by atoms with E-state index in [-0.39, 0.29) is 0 Å². The van der Waals surface area contributed by atoms with Crippen molar-refractivity contribution in [2.75, 3.05) is 9.80 Å². The molecular formula is C84H52N2OS2. The lowest BCUT2D eigenvalue weighted by molar-refractivity contribution is 0.669. The Morgan fingerprint density at radius 2 is 0.596 bits per heavy atom. The number of anilines is 6. The van der Waals surface area contributed by atoms with Crippen LogP contribution in [-0.4, -0.2) is 0 Å². The molecule has 0 fully saturated rings. The maximum Gasteiger partial charge on any atom is 0.159 e. The molecule has 89 heavy (non-hydrogen) atoms. The van der Waals surface area contributed by atoms with Crippen molar-refractivity contribution in [3.05, 3.63) is 315 Å². The molecule has 3 aromatic heterocycles. The molecule has 0 bridgehead atoms. The van der Waals surface area contributed by atoms with E-state index in [4.69, 9.17) is 4.42 Å². The first-order valence-corrected chi connectivity index (χ1v) is 31.9. The predicted octanol–water partition coefficient (Wildman–Crippen LogP) is 25.4. The largest absolute Gasteiger partial charge is 0.454 e. The van der Waals surface area contributed by atoms with Gasteiger partial charge < -0.3 is 14.2 Å². The Morgan fingerprint density at radius 3 is 1.15 bits per heavy atom. The van der Waals surface area contributed by atoms with Gasteiger partial charge in [0.1, 0.15) is 5.58 Å². The molecule has 0 aliphatic heterocycles. The lowest BCUT2D eigenvalue weighted by atomic mass is 9.92. The van der Waals surface area contributed by atoms with Crippen LogP contribution in [0.25, 0.3) is 139 Å². The molecule has 0 saturated carbocycles. The van der Waals surface area contributed by atoms with E-state index in [1.807, 2.05) is 22.7 Å². The molecule has 15 aromatic carbocycles. The molecule has 5 heteroatoms. The molecule has 0 aliphatic rings. The minimum absolute atomic E-state index is 0.835. The van der Waals surface area contributed by atoms with Crippen LogP contribution in [0.1, 0.15) is 0 Å². The van der Waals surface area contributed by atoms with Crippen molar-refractivity contribution < 1.29 is 4.42 Å². The van der Waals surface area contributed by atoms with Gasteiger partial charge >= 0.3 is 0 Å². The summed E-state index contributed by atoms with van der Waals surface area (Å²) in [7, 11) is 0. The van der Waals surface area contributed by atoms with Gasteiger partial charge in [-0.3, -0.25) is 0 Å². The van der Waals surface area contributed by atoms with E-state index in [9.17, 15) is 0 Å². The fourth-order valence-corrected chi connectivity index (χ4v) is 16.6. The highest BCUT2D eigenvalue weighted by atomic mass is 32.1. The lowest BCUT2D eigenvalue weighted by Gasteiger charge is -2.27. The van der Waals surface area contributed by atoms with E-state index in [1.54, 1.807) is 0 Å². The highest BCUT2D eigenvalue weighted by Gasteiger charge is 2.26. The first kappa shape index (κ1) is 51.2. The van der Waals surface area contributed by atoms with Gasteiger partial charge in [-0.15, -0.1) is 22.7 Å². The van der Waals surface area contributed by atoms with Gasteiger partial charge in [-0.2, -0.15) is 0 Å². The van der Waals surface area contributed by atoms with Gasteiger partial charge in [0, 0.05) is 58.8 Å². The molecule has 0 radical (unpaired) electrons. The summed E-state index contributed by atoms with van der Waals surface area (Å²) in [6.45, 7) is 0. The summed E-state index contributed by atoms with van der Waals surface area (Å²) in [5.41, 5.74) is 17.7. The predicted molar refractivity (Wildman–Crippen MR) is 383 cm³/mol. The van der Waals surface area contributed by atoms with Gasteiger partial charge in [-0.05, 0) is 144 Å². The number of nitrogens with zero attached hydrogens (tertiary/aromatic N) is 2. The van der Waals surface area contributed by atoms with Gasteiger partial charge in [-0.1, -0.05) is 249 Å². The number of benzene rings is 15. The highest BCUT2D eigenvalue weighted by molar-refractivity contribution is 7.27. The zero-order valence-corrected chi connectivity index (χ0v) is 49.8. The van der Waals surface area contributed by atoms with E-state index < -0.39 is 0 Å². The normalized spacial score (nSPS) is 11.8. The molecule has 0 saturated heterocycles. The van der Waals surface area contributed by atoms with E-state index in [2.05, 4.69) is 325 Å². The maximum atomic E-state index is 7.42. The van der Waals surface area contributed by atoms with Crippen LogP contribution in [-0.2, 0) is 0 Å².